The third-order valence-electron chi connectivity index (χ3n) is 2.74. The van der Waals surface area contributed by atoms with E-state index in [0.29, 0.717) is 17.3 Å². The average molecular weight is 306 g/mol. The van der Waals surface area contributed by atoms with E-state index in [9.17, 15) is 0 Å². The van der Waals surface area contributed by atoms with Gasteiger partial charge in [-0.15, -0.1) is 0 Å². The van der Waals surface area contributed by atoms with Crippen molar-refractivity contribution in [3.63, 3.8) is 0 Å². The van der Waals surface area contributed by atoms with E-state index in [0.717, 1.165) is 17.5 Å². The van der Waals surface area contributed by atoms with Crippen molar-refractivity contribution >= 4 is 24.3 Å². The summed E-state index contributed by atoms with van der Waals surface area (Å²) in [6.45, 7) is 2.48. The van der Waals surface area contributed by atoms with Crippen molar-refractivity contribution in [3.05, 3.63) is 35.6 Å². The Bertz CT molecular complexity index is 612. The summed E-state index contributed by atoms with van der Waals surface area (Å²) in [7, 11) is 0. The summed E-state index contributed by atoms with van der Waals surface area (Å²) in [5.41, 5.74) is 1.95. The molecule has 2 rings (SSSR count). The van der Waals surface area contributed by atoms with E-state index in [2.05, 4.69) is 20.5 Å². The van der Waals surface area contributed by atoms with Gasteiger partial charge in [0, 0.05) is 11.8 Å². The molecule has 7 heteroatoms. The van der Waals surface area contributed by atoms with Gasteiger partial charge in [0.1, 0.15) is 18.2 Å². The molecule has 0 fully saturated rings. The summed E-state index contributed by atoms with van der Waals surface area (Å²) in [6, 6.07) is 5.60. The Balaban J connectivity index is 2.03. The van der Waals surface area contributed by atoms with E-state index in [4.69, 9.17) is 21.7 Å². The minimum absolute atomic E-state index is 0.0979. The molecule has 1 aromatic carbocycles. The molecular formula is C14H16ClN5O. The Morgan fingerprint density at radius 1 is 1.52 bits per heavy atom. The van der Waals surface area contributed by atoms with Crippen LogP contribution in [0.5, 0.6) is 5.75 Å². The van der Waals surface area contributed by atoms with Gasteiger partial charge in [0.25, 0.3) is 0 Å². The molecule has 0 aliphatic heterocycles. The van der Waals surface area contributed by atoms with Crippen LogP contribution in [-0.4, -0.2) is 35.5 Å². The normalized spacial score (nSPS) is 12.3. The monoisotopic (exact) mass is 305 g/mol. The molecule has 2 aromatic rings. The first kappa shape index (κ1) is 15.1. The summed E-state index contributed by atoms with van der Waals surface area (Å²) in [4.78, 5) is 3.63. The molecule has 0 spiro atoms. The molecule has 0 radical (unpaired) electrons. The van der Waals surface area contributed by atoms with Crippen molar-refractivity contribution in [3.8, 4) is 16.9 Å². The Kier molecular flexibility index (Phi) is 5.34. The number of nitrogens with zero attached hydrogens (tertiary/aromatic N) is 2. The first-order chi connectivity index (χ1) is 10.2. The SMILES string of the molecule is C[C@@H](CN/C=N\C=N)Oc1cc(-c2cn[nH]c2)ccc1Cl. The summed E-state index contributed by atoms with van der Waals surface area (Å²) < 4.78 is 5.82. The summed E-state index contributed by atoms with van der Waals surface area (Å²) in [5, 5.41) is 17.0. The molecule has 0 aliphatic rings. The van der Waals surface area contributed by atoms with Crippen LogP contribution in [0.15, 0.2) is 35.6 Å². The number of benzene rings is 1. The van der Waals surface area contributed by atoms with Crippen molar-refractivity contribution in [1.82, 2.24) is 15.5 Å². The van der Waals surface area contributed by atoms with Crippen molar-refractivity contribution < 1.29 is 4.74 Å². The topological polar surface area (TPSA) is 86.2 Å². The predicted octanol–water partition coefficient (Wildman–Crippen LogP) is 2.72. The van der Waals surface area contributed by atoms with Crippen molar-refractivity contribution in [2.45, 2.75) is 13.0 Å². The molecule has 0 unspecified atom stereocenters. The van der Waals surface area contributed by atoms with Crippen molar-refractivity contribution in [2.75, 3.05) is 6.54 Å². The second-order valence-electron chi connectivity index (χ2n) is 4.38. The van der Waals surface area contributed by atoms with E-state index < -0.39 is 0 Å². The van der Waals surface area contributed by atoms with Gasteiger partial charge in [0.05, 0.1) is 24.1 Å². The van der Waals surface area contributed by atoms with E-state index in [-0.39, 0.29) is 6.10 Å². The zero-order chi connectivity index (χ0) is 15.1. The summed E-state index contributed by atoms with van der Waals surface area (Å²) in [6.07, 6.45) is 5.87. The van der Waals surface area contributed by atoms with Gasteiger partial charge in [0.15, 0.2) is 0 Å². The van der Waals surface area contributed by atoms with Crippen LogP contribution in [0.4, 0.5) is 0 Å². The highest BCUT2D eigenvalue weighted by molar-refractivity contribution is 6.32. The highest BCUT2D eigenvalue weighted by Crippen LogP contribution is 2.30. The number of ether oxygens (including phenoxy) is 1. The Labute approximate surface area is 127 Å². The predicted molar refractivity (Wildman–Crippen MR) is 84.4 cm³/mol. The largest absolute Gasteiger partial charge is 0.487 e. The fourth-order valence-electron chi connectivity index (χ4n) is 1.75. The van der Waals surface area contributed by atoms with Gasteiger partial charge in [0.2, 0.25) is 0 Å². The first-order valence-electron chi connectivity index (χ1n) is 6.40. The molecule has 1 aromatic heterocycles. The third kappa shape index (κ3) is 4.32. The molecule has 0 saturated heterocycles. The lowest BCUT2D eigenvalue weighted by Crippen LogP contribution is -2.28. The van der Waals surface area contributed by atoms with Gasteiger partial charge in [-0.2, -0.15) is 5.10 Å². The number of halogens is 1. The third-order valence-corrected chi connectivity index (χ3v) is 3.05. The maximum Gasteiger partial charge on any atom is 0.139 e. The molecule has 21 heavy (non-hydrogen) atoms. The molecule has 0 aliphatic carbocycles. The molecular weight excluding hydrogens is 290 g/mol. The highest BCUT2D eigenvalue weighted by Gasteiger charge is 2.09. The standard InChI is InChI=1S/C14H16ClN5O/c1-10(5-17-9-18-8-16)21-14-4-11(2-3-13(14)15)12-6-19-20-7-12/h2-4,6-10H,5H2,1H3,(H,19,20)(H2,16,17,18)/t10-/m0/s1. The van der Waals surface area contributed by atoms with Gasteiger partial charge in [-0.3, -0.25) is 10.5 Å². The number of hydrogen-bond donors (Lipinski definition) is 3. The van der Waals surface area contributed by atoms with Crippen molar-refractivity contribution in [1.29, 1.82) is 5.41 Å². The second-order valence-corrected chi connectivity index (χ2v) is 4.78. The van der Waals surface area contributed by atoms with Gasteiger partial charge < -0.3 is 10.1 Å². The van der Waals surface area contributed by atoms with E-state index >= 15 is 0 Å². The molecule has 3 N–H and O–H groups in total. The first-order valence-corrected chi connectivity index (χ1v) is 6.78. The van der Waals surface area contributed by atoms with Crippen LogP contribution in [0.2, 0.25) is 5.02 Å². The van der Waals surface area contributed by atoms with Crippen LogP contribution in [0.1, 0.15) is 6.92 Å². The van der Waals surface area contributed by atoms with Crippen LogP contribution in [0, 0.1) is 5.41 Å². The molecule has 1 atom stereocenters. The van der Waals surface area contributed by atoms with Gasteiger partial charge in [-0.05, 0) is 24.6 Å². The minimum atomic E-state index is -0.0979. The molecule has 0 saturated carbocycles. The summed E-state index contributed by atoms with van der Waals surface area (Å²) >= 11 is 6.16. The summed E-state index contributed by atoms with van der Waals surface area (Å²) in [5.74, 6) is 0.619. The molecule has 0 amide bonds. The van der Waals surface area contributed by atoms with Crippen LogP contribution < -0.4 is 10.1 Å². The zero-order valence-electron chi connectivity index (χ0n) is 11.5. The lowest BCUT2D eigenvalue weighted by atomic mass is 10.1. The van der Waals surface area contributed by atoms with E-state index in [1.807, 2.05) is 25.3 Å². The zero-order valence-corrected chi connectivity index (χ0v) is 12.3. The van der Waals surface area contributed by atoms with Gasteiger partial charge >= 0.3 is 0 Å². The number of aromatic nitrogens is 2. The Morgan fingerprint density at radius 3 is 3.10 bits per heavy atom. The molecule has 1 heterocycles. The number of rotatable bonds is 7. The van der Waals surface area contributed by atoms with Crippen LogP contribution in [0.3, 0.4) is 0 Å². The minimum Gasteiger partial charge on any atom is -0.487 e. The second kappa shape index (κ2) is 7.44. The number of hydrogen-bond acceptors (Lipinski definition) is 3. The lowest BCUT2D eigenvalue weighted by Gasteiger charge is -2.16. The maximum atomic E-state index is 6.77. The van der Waals surface area contributed by atoms with Crippen LogP contribution in [0.25, 0.3) is 11.1 Å². The smallest absolute Gasteiger partial charge is 0.139 e. The number of nitrogens with one attached hydrogen (secondary N) is 3. The van der Waals surface area contributed by atoms with Gasteiger partial charge in [-0.25, -0.2) is 4.99 Å². The van der Waals surface area contributed by atoms with E-state index in [1.165, 1.54) is 6.34 Å². The average Bonchev–Trinajstić information content (AvgIpc) is 3.00. The lowest BCUT2D eigenvalue weighted by molar-refractivity contribution is 0.225. The maximum absolute atomic E-state index is 6.77. The molecule has 0 bridgehead atoms. The fourth-order valence-corrected chi connectivity index (χ4v) is 1.91. The van der Waals surface area contributed by atoms with E-state index in [1.54, 1.807) is 12.3 Å². The number of aromatic amines is 1. The van der Waals surface area contributed by atoms with Crippen LogP contribution >= 0.6 is 11.6 Å². The number of aliphatic imine (C=N–C) groups is 1. The quantitative estimate of drug-likeness (QED) is 0.543. The Morgan fingerprint density at radius 2 is 2.38 bits per heavy atom. The van der Waals surface area contributed by atoms with Crippen molar-refractivity contribution in [2.24, 2.45) is 4.99 Å². The number of H-pyrrole nitrogens is 1. The fraction of sp³-hybridized carbons (Fsp3) is 0.214. The molecule has 110 valence electrons. The van der Waals surface area contributed by atoms with Gasteiger partial charge in [-0.1, -0.05) is 17.7 Å². The highest BCUT2D eigenvalue weighted by atomic mass is 35.5. The Hall–Kier alpha value is -2.34. The molecule has 6 nitrogen and oxygen atoms in total. The van der Waals surface area contributed by atoms with Crippen LogP contribution in [-0.2, 0) is 0 Å².